The molecular weight excluding hydrogens is 272 g/mol. The number of nitrogens with one attached hydrogen (secondary N) is 2. The second kappa shape index (κ2) is 4.21. The van der Waals surface area contributed by atoms with Crippen molar-refractivity contribution in [2.75, 3.05) is 0 Å². The van der Waals surface area contributed by atoms with Gasteiger partial charge >= 0.3 is 18.0 Å². The van der Waals surface area contributed by atoms with Crippen LogP contribution in [0.4, 0.5) is 17.6 Å². The molecule has 2 N–H and O–H groups in total. The van der Waals surface area contributed by atoms with Crippen molar-refractivity contribution in [1.82, 2.24) is 19.5 Å². The summed E-state index contributed by atoms with van der Waals surface area (Å²) < 4.78 is 51.6. The van der Waals surface area contributed by atoms with Gasteiger partial charge in [-0.1, -0.05) is 0 Å². The SMILES string of the molecule is CCn1c(=O)[nH]c(=O)c2[nH]c(C(F)(F)C(F)F)nc21. The van der Waals surface area contributed by atoms with Crippen molar-refractivity contribution in [2.45, 2.75) is 25.8 Å². The highest BCUT2D eigenvalue weighted by atomic mass is 19.3. The van der Waals surface area contributed by atoms with Crippen molar-refractivity contribution in [1.29, 1.82) is 0 Å². The third kappa shape index (κ3) is 1.92. The molecule has 2 aromatic rings. The summed E-state index contributed by atoms with van der Waals surface area (Å²) >= 11 is 0. The van der Waals surface area contributed by atoms with Gasteiger partial charge < -0.3 is 4.98 Å². The van der Waals surface area contributed by atoms with Gasteiger partial charge in [0, 0.05) is 6.54 Å². The Balaban J connectivity index is 2.81. The highest BCUT2D eigenvalue weighted by molar-refractivity contribution is 5.69. The topological polar surface area (TPSA) is 83.5 Å². The molecule has 2 aromatic heterocycles. The Hall–Kier alpha value is -2.13. The molecule has 0 fully saturated rings. The Morgan fingerprint density at radius 3 is 2.47 bits per heavy atom. The molecule has 0 unspecified atom stereocenters. The minimum Gasteiger partial charge on any atom is -0.331 e. The van der Waals surface area contributed by atoms with Gasteiger partial charge in [-0.15, -0.1) is 0 Å². The van der Waals surface area contributed by atoms with Crippen LogP contribution < -0.4 is 11.2 Å². The second-order valence-electron chi connectivity index (χ2n) is 3.71. The van der Waals surface area contributed by atoms with E-state index < -0.39 is 34.9 Å². The lowest BCUT2D eigenvalue weighted by molar-refractivity contribution is -0.140. The highest BCUT2D eigenvalue weighted by Crippen LogP contribution is 2.32. The van der Waals surface area contributed by atoms with E-state index in [0.717, 1.165) is 4.57 Å². The molecule has 0 aliphatic rings. The molecule has 0 bridgehead atoms. The zero-order valence-electron chi connectivity index (χ0n) is 9.51. The fourth-order valence-corrected chi connectivity index (χ4v) is 1.60. The Bertz CT molecular complexity index is 730. The third-order valence-electron chi connectivity index (χ3n) is 2.54. The Kier molecular flexibility index (Phi) is 2.95. The predicted octanol–water partition coefficient (Wildman–Crippen LogP) is 0.790. The summed E-state index contributed by atoms with van der Waals surface area (Å²) in [5.41, 5.74) is -2.67. The fraction of sp³-hybridized carbons (Fsp3) is 0.444. The zero-order chi connectivity index (χ0) is 14.4. The summed E-state index contributed by atoms with van der Waals surface area (Å²) in [7, 11) is 0. The summed E-state index contributed by atoms with van der Waals surface area (Å²) in [6.45, 7) is 1.55. The molecule has 6 nitrogen and oxygen atoms in total. The number of halogens is 4. The maximum absolute atomic E-state index is 13.1. The summed E-state index contributed by atoms with van der Waals surface area (Å²) in [5, 5.41) is 0. The predicted molar refractivity (Wildman–Crippen MR) is 56.5 cm³/mol. The number of aromatic amines is 2. The van der Waals surface area contributed by atoms with Crippen LogP contribution >= 0.6 is 0 Å². The molecule has 0 radical (unpaired) electrons. The first-order chi connectivity index (χ1) is 8.78. The van der Waals surface area contributed by atoms with Crippen LogP contribution in [0.15, 0.2) is 9.59 Å². The Morgan fingerprint density at radius 2 is 1.95 bits per heavy atom. The zero-order valence-corrected chi connectivity index (χ0v) is 9.51. The van der Waals surface area contributed by atoms with Crippen LogP contribution in [0, 0.1) is 0 Å². The minimum absolute atomic E-state index is 0.0383. The molecule has 0 atom stereocenters. The number of hydrogen-bond donors (Lipinski definition) is 2. The molecule has 0 spiro atoms. The van der Waals surface area contributed by atoms with Crippen molar-refractivity contribution >= 4 is 11.2 Å². The van der Waals surface area contributed by atoms with Gasteiger partial charge in [0.25, 0.3) is 5.56 Å². The van der Waals surface area contributed by atoms with E-state index in [1.807, 2.05) is 9.97 Å². The van der Waals surface area contributed by atoms with E-state index in [4.69, 9.17) is 0 Å². The maximum atomic E-state index is 13.1. The maximum Gasteiger partial charge on any atom is 0.363 e. The van der Waals surface area contributed by atoms with Crippen molar-refractivity contribution in [3.8, 4) is 0 Å². The first-order valence-electron chi connectivity index (χ1n) is 5.18. The number of fused-ring (bicyclic) bond motifs is 1. The molecule has 0 saturated heterocycles. The molecule has 2 heterocycles. The van der Waals surface area contributed by atoms with Crippen molar-refractivity contribution in [3.05, 3.63) is 26.7 Å². The van der Waals surface area contributed by atoms with E-state index in [1.54, 1.807) is 0 Å². The van der Waals surface area contributed by atoms with Crippen molar-refractivity contribution in [3.63, 3.8) is 0 Å². The van der Waals surface area contributed by atoms with Gasteiger partial charge in [-0.25, -0.2) is 18.6 Å². The Labute approximate surface area is 102 Å². The number of nitrogens with zero attached hydrogens (tertiary/aromatic N) is 2. The number of aromatic nitrogens is 4. The number of aryl methyl sites for hydroxylation is 1. The molecule has 10 heteroatoms. The molecule has 104 valence electrons. The van der Waals surface area contributed by atoms with Crippen LogP contribution in [0.1, 0.15) is 12.7 Å². The third-order valence-corrected chi connectivity index (χ3v) is 2.54. The average molecular weight is 280 g/mol. The van der Waals surface area contributed by atoms with Crippen molar-refractivity contribution < 1.29 is 17.6 Å². The molecule has 0 aliphatic heterocycles. The fourth-order valence-electron chi connectivity index (χ4n) is 1.60. The van der Waals surface area contributed by atoms with E-state index in [1.165, 1.54) is 6.92 Å². The van der Waals surface area contributed by atoms with E-state index in [2.05, 4.69) is 4.98 Å². The second-order valence-corrected chi connectivity index (χ2v) is 3.71. The lowest BCUT2D eigenvalue weighted by Crippen LogP contribution is -2.29. The Morgan fingerprint density at radius 1 is 1.32 bits per heavy atom. The molecular formula is C9H8F4N4O2. The van der Waals surface area contributed by atoms with Crippen molar-refractivity contribution in [2.24, 2.45) is 0 Å². The normalized spacial score (nSPS) is 12.5. The smallest absolute Gasteiger partial charge is 0.331 e. The van der Waals surface area contributed by atoms with Gasteiger partial charge in [0.2, 0.25) is 0 Å². The molecule has 0 saturated carbocycles. The molecule has 0 aliphatic carbocycles. The molecule has 0 aromatic carbocycles. The van der Waals surface area contributed by atoms with E-state index in [-0.39, 0.29) is 12.2 Å². The summed E-state index contributed by atoms with van der Waals surface area (Å²) in [6, 6.07) is 0. The van der Waals surface area contributed by atoms with Crippen LogP contribution in [0.5, 0.6) is 0 Å². The number of H-pyrrole nitrogens is 2. The summed E-state index contributed by atoms with van der Waals surface area (Å²) in [4.78, 5) is 29.8. The van der Waals surface area contributed by atoms with Crippen LogP contribution in [-0.2, 0) is 12.5 Å². The lowest BCUT2D eigenvalue weighted by Gasteiger charge is -2.11. The van der Waals surface area contributed by atoms with Gasteiger partial charge in [-0.3, -0.25) is 14.3 Å². The number of hydrogen-bond acceptors (Lipinski definition) is 3. The first-order valence-corrected chi connectivity index (χ1v) is 5.18. The average Bonchev–Trinajstić information content (AvgIpc) is 2.75. The monoisotopic (exact) mass is 280 g/mol. The van der Waals surface area contributed by atoms with Crippen LogP contribution in [-0.4, -0.2) is 25.9 Å². The van der Waals surface area contributed by atoms with Crippen LogP contribution in [0.3, 0.4) is 0 Å². The minimum atomic E-state index is -4.53. The van der Waals surface area contributed by atoms with Gasteiger partial charge in [0.1, 0.15) is 5.52 Å². The largest absolute Gasteiger partial charge is 0.363 e. The van der Waals surface area contributed by atoms with Gasteiger partial charge in [0.15, 0.2) is 11.5 Å². The highest BCUT2D eigenvalue weighted by Gasteiger charge is 2.46. The summed E-state index contributed by atoms with van der Waals surface area (Å²) in [6.07, 6.45) is -3.98. The van der Waals surface area contributed by atoms with E-state index in [9.17, 15) is 27.2 Å². The first kappa shape index (κ1) is 13.3. The number of imidazole rings is 1. The number of rotatable bonds is 3. The van der Waals surface area contributed by atoms with Crippen LogP contribution in [0.2, 0.25) is 0 Å². The lowest BCUT2D eigenvalue weighted by atomic mass is 10.3. The standard InChI is InChI=1S/C9H8F4N4O2/c1-2-17-4-3(5(18)16-8(17)19)14-7(15-4)9(12,13)6(10)11/h6H,2H2,1H3,(H,14,15)(H,16,18,19). The van der Waals surface area contributed by atoms with Crippen LogP contribution in [0.25, 0.3) is 11.2 Å². The van der Waals surface area contributed by atoms with Gasteiger partial charge in [0.05, 0.1) is 0 Å². The number of alkyl halides is 4. The van der Waals surface area contributed by atoms with E-state index in [0.29, 0.717) is 0 Å². The van der Waals surface area contributed by atoms with E-state index >= 15 is 0 Å². The summed E-state index contributed by atoms with van der Waals surface area (Å²) in [5.74, 6) is -5.88. The quantitative estimate of drug-likeness (QED) is 0.815. The van der Waals surface area contributed by atoms with Gasteiger partial charge in [-0.2, -0.15) is 8.78 Å². The molecule has 2 rings (SSSR count). The molecule has 0 amide bonds. The molecule has 19 heavy (non-hydrogen) atoms. The van der Waals surface area contributed by atoms with Gasteiger partial charge in [-0.05, 0) is 6.92 Å².